The van der Waals surface area contributed by atoms with E-state index in [-0.39, 0.29) is 35.8 Å². The van der Waals surface area contributed by atoms with E-state index in [0.717, 1.165) is 29.6 Å². The Bertz CT molecular complexity index is 746. The molecule has 2 N–H and O–H groups in total. The van der Waals surface area contributed by atoms with E-state index in [9.17, 15) is 4.39 Å². The summed E-state index contributed by atoms with van der Waals surface area (Å²) in [6.07, 6.45) is 2.53. The third kappa shape index (κ3) is 5.03. The summed E-state index contributed by atoms with van der Waals surface area (Å²) in [6, 6.07) is 3.26. The molecule has 0 amide bonds. The molecular weight excluding hydrogens is 466 g/mol. The van der Waals surface area contributed by atoms with Crippen LogP contribution in [0.15, 0.2) is 23.3 Å². The first kappa shape index (κ1) is 20.8. The van der Waals surface area contributed by atoms with Gasteiger partial charge in [-0.25, -0.2) is 14.4 Å². The summed E-state index contributed by atoms with van der Waals surface area (Å²) in [5.74, 6) is 0.877. The van der Waals surface area contributed by atoms with Gasteiger partial charge in [-0.05, 0) is 32.4 Å². The Balaban J connectivity index is 0.00000243. The van der Waals surface area contributed by atoms with Gasteiger partial charge in [-0.2, -0.15) is 0 Å². The highest BCUT2D eigenvalue weighted by molar-refractivity contribution is 14.0. The standard InChI is InChI=1S/C17H23FN6S.HI/c1-11-12(2)25-15(22-11)9-21-17(19-3)23-13-6-8-24(10-13)16-14(18)5-4-7-20-16;/h4-5,7,13H,6,8-10H2,1-3H3,(H2,19,21,23);1H. The lowest BCUT2D eigenvalue weighted by atomic mass is 10.3. The van der Waals surface area contributed by atoms with Gasteiger partial charge in [0.2, 0.25) is 0 Å². The zero-order chi connectivity index (χ0) is 17.8. The lowest BCUT2D eigenvalue weighted by Gasteiger charge is -2.19. The lowest BCUT2D eigenvalue weighted by Crippen LogP contribution is -2.44. The molecule has 3 rings (SSSR count). The van der Waals surface area contributed by atoms with E-state index in [0.29, 0.717) is 18.9 Å². The first-order valence-corrected chi connectivity index (χ1v) is 9.14. The van der Waals surface area contributed by atoms with Gasteiger partial charge in [0.1, 0.15) is 5.01 Å². The topological polar surface area (TPSA) is 65.4 Å². The zero-order valence-electron chi connectivity index (χ0n) is 15.1. The Morgan fingerprint density at radius 3 is 2.92 bits per heavy atom. The third-order valence-electron chi connectivity index (χ3n) is 4.27. The Kier molecular flexibility index (Phi) is 7.56. The van der Waals surface area contributed by atoms with Gasteiger partial charge in [0, 0.05) is 37.3 Å². The molecule has 3 heterocycles. The van der Waals surface area contributed by atoms with Crippen molar-refractivity contribution in [3.8, 4) is 0 Å². The molecule has 0 saturated carbocycles. The summed E-state index contributed by atoms with van der Waals surface area (Å²) in [5, 5.41) is 7.74. The highest BCUT2D eigenvalue weighted by Gasteiger charge is 2.25. The number of pyridine rings is 1. The number of anilines is 1. The van der Waals surface area contributed by atoms with E-state index >= 15 is 0 Å². The maximum atomic E-state index is 13.9. The third-order valence-corrected chi connectivity index (χ3v) is 5.34. The monoisotopic (exact) mass is 490 g/mol. The molecule has 0 spiro atoms. The van der Waals surface area contributed by atoms with Crippen molar-refractivity contribution in [2.75, 3.05) is 25.0 Å². The maximum absolute atomic E-state index is 13.9. The van der Waals surface area contributed by atoms with Crippen molar-refractivity contribution in [3.63, 3.8) is 0 Å². The fourth-order valence-electron chi connectivity index (χ4n) is 2.84. The summed E-state index contributed by atoms with van der Waals surface area (Å²) >= 11 is 1.69. The molecule has 1 saturated heterocycles. The molecule has 1 unspecified atom stereocenters. The fourth-order valence-corrected chi connectivity index (χ4v) is 3.72. The molecule has 6 nitrogen and oxygen atoms in total. The van der Waals surface area contributed by atoms with Gasteiger partial charge in [0.25, 0.3) is 0 Å². The first-order valence-electron chi connectivity index (χ1n) is 8.32. The first-order chi connectivity index (χ1) is 12.1. The largest absolute Gasteiger partial charge is 0.352 e. The van der Waals surface area contributed by atoms with Crippen LogP contribution in [0.2, 0.25) is 0 Å². The van der Waals surface area contributed by atoms with Crippen LogP contribution in [-0.2, 0) is 6.54 Å². The van der Waals surface area contributed by atoms with Gasteiger partial charge in [-0.3, -0.25) is 4.99 Å². The highest BCUT2D eigenvalue weighted by atomic mass is 127. The molecule has 0 radical (unpaired) electrons. The number of aliphatic imine (C=N–C) groups is 1. The number of rotatable bonds is 4. The van der Waals surface area contributed by atoms with Crippen molar-refractivity contribution in [2.45, 2.75) is 32.9 Å². The number of nitrogens with one attached hydrogen (secondary N) is 2. The minimum atomic E-state index is -0.278. The molecule has 1 fully saturated rings. The van der Waals surface area contributed by atoms with Gasteiger partial charge in [-0.15, -0.1) is 35.3 Å². The number of hydrogen-bond acceptors (Lipinski definition) is 5. The average molecular weight is 490 g/mol. The molecule has 1 aliphatic rings. The van der Waals surface area contributed by atoms with Crippen molar-refractivity contribution in [1.29, 1.82) is 0 Å². The summed E-state index contributed by atoms with van der Waals surface area (Å²) in [4.78, 5) is 16.2. The minimum Gasteiger partial charge on any atom is -0.352 e. The Morgan fingerprint density at radius 1 is 1.46 bits per heavy atom. The normalized spacial score (nSPS) is 17.2. The molecule has 9 heteroatoms. The van der Waals surface area contributed by atoms with Crippen LogP contribution in [0.4, 0.5) is 10.2 Å². The molecule has 0 bridgehead atoms. The number of hydrogen-bond donors (Lipinski definition) is 2. The van der Waals surface area contributed by atoms with Gasteiger partial charge >= 0.3 is 0 Å². The highest BCUT2D eigenvalue weighted by Crippen LogP contribution is 2.21. The lowest BCUT2D eigenvalue weighted by molar-refractivity contribution is 0.612. The summed E-state index contributed by atoms with van der Waals surface area (Å²) < 4.78 is 13.9. The van der Waals surface area contributed by atoms with Crippen molar-refractivity contribution >= 4 is 47.1 Å². The predicted octanol–water partition coefficient (Wildman–Crippen LogP) is 2.86. The second kappa shape index (κ2) is 9.45. The van der Waals surface area contributed by atoms with Crippen LogP contribution in [0.5, 0.6) is 0 Å². The minimum absolute atomic E-state index is 0. The summed E-state index contributed by atoms with van der Waals surface area (Å²) in [5.41, 5.74) is 1.08. The van der Waals surface area contributed by atoms with Gasteiger partial charge in [0.05, 0.1) is 12.2 Å². The van der Waals surface area contributed by atoms with E-state index in [1.807, 2.05) is 11.8 Å². The number of thiazole rings is 1. The molecule has 0 aliphatic carbocycles. The van der Waals surface area contributed by atoms with Gasteiger partial charge in [0.15, 0.2) is 17.6 Å². The molecular formula is C17H24FIN6S. The fraction of sp³-hybridized carbons (Fsp3) is 0.471. The Labute approximate surface area is 174 Å². The number of aromatic nitrogens is 2. The van der Waals surface area contributed by atoms with E-state index in [1.54, 1.807) is 30.6 Å². The number of guanidine groups is 1. The molecule has 2 aromatic heterocycles. The number of nitrogens with zero attached hydrogens (tertiary/aromatic N) is 4. The average Bonchev–Trinajstić information content (AvgIpc) is 3.19. The Hall–Kier alpha value is -1.49. The van der Waals surface area contributed by atoms with Crippen LogP contribution < -0.4 is 15.5 Å². The maximum Gasteiger partial charge on any atom is 0.191 e. The van der Waals surface area contributed by atoms with Gasteiger partial charge in [-0.1, -0.05) is 0 Å². The molecule has 1 aliphatic heterocycles. The molecule has 26 heavy (non-hydrogen) atoms. The Morgan fingerprint density at radius 2 is 2.27 bits per heavy atom. The van der Waals surface area contributed by atoms with E-state index in [2.05, 4.69) is 32.5 Å². The number of aryl methyl sites for hydroxylation is 2. The van der Waals surface area contributed by atoms with Crippen LogP contribution in [0, 0.1) is 19.7 Å². The van der Waals surface area contributed by atoms with Crippen LogP contribution in [-0.4, -0.2) is 42.1 Å². The zero-order valence-corrected chi connectivity index (χ0v) is 18.3. The van der Waals surface area contributed by atoms with Crippen LogP contribution in [0.3, 0.4) is 0 Å². The SMILES string of the molecule is CN=C(NCc1nc(C)c(C)s1)NC1CCN(c2ncccc2F)C1.I. The van der Waals surface area contributed by atoms with Gasteiger partial charge < -0.3 is 15.5 Å². The molecule has 1 atom stereocenters. The van der Waals surface area contributed by atoms with Crippen molar-refractivity contribution in [1.82, 2.24) is 20.6 Å². The second-order valence-electron chi connectivity index (χ2n) is 6.06. The molecule has 142 valence electrons. The van der Waals surface area contributed by atoms with E-state index in [4.69, 9.17) is 0 Å². The molecule has 2 aromatic rings. The smallest absolute Gasteiger partial charge is 0.191 e. The van der Waals surface area contributed by atoms with Crippen molar-refractivity contribution in [3.05, 3.63) is 39.7 Å². The second-order valence-corrected chi connectivity index (χ2v) is 7.35. The van der Waals surface area contributed by atoms with Crippen molar-refractivity contribution < 1.29 is 4.39 Å². The van der Waals surface area contributed by atoms with Crippen LogP contribution in [0.1, 0.15) is 22.0 Å². The van der Waals surface area contributed by atoms with Crippen LogP contribution >= 0.6 is 35.3 Å². The number of halogens is 2. The molecule has 0 aromatic carbocycles. The quantitative estimate of drug-likeness (QED) is 0.392. The van der Waals surface area contributed by atoms with Crippen molar-refractivity contribution in [2.24, 2.45) is 4.99 Å². The van der Waals surface area contributed by atoms with Crippen LogP contribution in [0.25, 0.3) is 0 Å². The summed E-state index contributed by atoms with van der Waals surface area (Å²) in [7, 11) is 1.75. The van der Waals surface area contributed by atoms with E-state index in [1.165, 1.54) is 10.9 Å². The predicted molar refractivity (Wildman–Crippen MR) is 115 cm³/mol. The van der Waals surface area contributed by atoms with E-state index < -0.39 is 0 Å². The summed E-state index contributed by atoms with van der Waals surface area (Å²) in [6.45, 7) is 6.21.